The fourth-order valence-electron chi connectivity index (χ4n) is 4.01. The molecule has 1 saturated heterocycles. The minimum atomic E-state index is -0.121. The van der Waals surface area contributed by atoms with Gasteiger partial charge in [-0.05, 0) is 31.9 Å². The first-order valence-corrected chi connectivity index (χ1v) is 11.5. The van der Waals surface area contributed by atoms with E-state index >= 15 is 0 Å². The van der Waals surface area contributed by atoms with Gasteiger partial charge in [-0.2, -0.15) is 0 Å². The van der Waals surface area contributed by atoms with Crippen LogP contribution in [0, 0.1) is 5.92 Å². The monoisotopic (exact) mass is 403 g/mol. The zero-order valence-electron chi connectivity index (χ0n) is 17.1. The van der Waals surface area contributed by atoms with E-state index < -0.39 is 0 Å². The maximum atomic E-state index is 12.8. The van der Waals surface area contributed by atoms with Gasteiger partial charge in [0.05, 0.1) is 6.04 Å². The summed E-state index contributed by atoms with van der Waals surface area (Å²) in [6.45, 7) is 6.96. The van der Waals surface area contributed by atoms with Crippen molar-refractivity contribution in [1.29, 1.82) is 0 Å². The zero-order valence-corrected chi connectivity index (χ0v) is 17.9. The van der Waals surface area contributed by atoms with Gasteiger partial charge in [0, 0.05) is 48.8 Å². The third-order valence-corrected chi connectivity index (χ3v) is 7.19. The maximum Gasteiger partial charge on any atom is 0.237 e. The fourth-order valence-corrected chi connectivity index (χ4v) is 4.94. The van der Waals surface area contributed by atoms with Crippen LogP contribution in [0.5, 0.6) is 0 Å². The van der Waals surface area contributed by atoms with Gasteiger partial charge in [-0.25, -0.2) is 0 Å². The number of nitrogens with zero attached hydrogens (tertiary/aromatic N) is 2. The quantitative estimate of drug-likeness (QED) is 0.711. The zero-order chi connectivity index (χ0) is 19.9. The summed E-state index contributed by atoms with van der Waals surface area (Å²) in [6.07, 6.45) is 4.67. The normalized spacial score (nSPS) is 20.7. The Kier molecular flexibility index (Phi) is 7.80. The smallest absolute Gasteiger partial charge is 0.237 e. The van der Waals surface area contributed by atoms with Crippen LogP contribution >= 0.6 is 11.8 Å². The number of amides is 2. The number of hydrogen-bond acceptors (Lipinski definition) is 4. The molecule has 1 heterocycles. The first-order chi connectivity index (χ1) is 13.5. The number of thioether (sulfide) groups is 1. The SMILES string of the molecule is CC(CSc1ccccc1)C(=O)N1CCN(C(C)C(=O)NC2CCCC2)CC1. The van der Waals surface area contributed by atoms with Gasteiger partial charge < -0.3 is 10.2 Å². The Labute approximate surface area is 173 Å². The number of hydrogen-bond donors (Lipinski definition) is 1. The number of carbonyl (C=O) groups excluding carboxylic acids is 2. The minimum Gasteiger partial charge on any atom is -0.352 e. The highest BCUT2D eigenvalue weighted by atomic mass is 32.2. The summed E-state index contributed by atoms with van der Waals surface area (Å²) in [5.41, 5.74) is 0. The van der Waals surface area contributed by atoms with E-state index in [-0.39, 0.29) is 23.8 Å². The lowest BCUT2D eigenvalue weighted by Crippen LogP contribution is -2.56. The van der Waals surface area contributed by atoms with Gasteiger partial charge in [-0.3, -0.25) is 14.5 Å². The Morgan fingerprint density at radius 1 is 1.07 bits per heavy atom. The number of carbonyl (C=O) groups is 2. The summed E-state index contributed by atoms with van der Waals surface area (Å²) >= 11 is 1.73. The largest absolute Gasteiger partial charge is 0.352 e. The van der Waals surface area contributed by atoms with Crippen LogP contribution in [0.1, 0.15) is 39.5 Å². The van der Waals surface area contributed by atoms with Gasteiger partial charge >= 0.3 is 0 Å². The van der Waals surface area contributed by atoms with Crippen molar-refractivity contribution in [2.45, 2.75) is 56.5 Å². The predicted molar refractivity (Wildman–Crippen MR) is 114 cm³/mol. The summed E-state index contributed by atoms with van der Waals surface area (Å²) in [6, 6.07) is 10.5. The Hall–Kier alpha value is -1.53. The average molecular weight is 404 g/mol. The van der Waals surface area contributed by atoms with Gasteiger partial charge in [0.1, 0.15) is 0 Å². The van der Waals surface area contributed by atoms with E-state index in [2.05, 4.69) is 22.3 Å². The van der Waals surface area contributed by atoms with E-state index in [4.69, 9.17) is 0 Å². The molecule has 2 amide bonds. The molecule has 2 unspecified atom stereocenters. The first kappa shape index (κ1) is 21.2. The van der Waals surface area contributed by atoms with Crippen LogP contribution in [0.4, 0.5) is 0 Å². The summed E-state index contributed by atoms with van der Waals surface area (Å²) in [5.74, 6) is 1.16. The molecule has 28 heavy (non-hydrogen) atoms. The lowest BCUT2D eigenvalue weighted by molar-refractivity contribution is -0.137. The molecule has 1 aliphatic carbocycles. The molecule has 2 atom stereocenters. The summed E-state index contributed by atoms with van der Waals surface area (Å²) in [7, 11) is 0. The standard InChI is InChI=1S/C22H33N3O2S/c1-17(16-28-20-10-4-3-5-11-20)22(27)25-14-12-24(13-15-25)18(2)21(26)23-19-8-6-7-9-19/h3-5,10-11,17-19H,6-9,12-16H2,1-2H3,(H,23,26). The molecule has 1 aromatic carbocycles. The molecular formula is C22H33N3O2S. The topological polar surface area (TPSA) is 52.7 Å². The van der Waals surface area contributed by atoms with Crippen molar-refractivity contribution in [1.82, 2.24) is 15.1 Å². The predicted octanol–water partition coefficient (Wildman–Crippen LogP) is 3.01. The van der Waals surface area contributed by atoms with Gasteiger partial charge in [0.15, 0.2) is 0 Å². The second-order valence-corrected chi connectivity index (χ2v) is 9.15. The lowest BCUT2D eigenvalue weighted by Gasteiger charge is -2.38. The summed E-state index contributed by atoms with van der Waals surface area (Å²) in [4.78, 5) is 30.7. The Morgan fingerprint density at radius 2 is 1.71 bits per heavy atom. The number of rotatable bonds is 7. The van der Waals surface area contributed by atoms with Crippen molar-refractivity contribution in [3.8, 4) is 0 Å². The molecule has 2 fully saturated rings. The first-order valence-electron chi connectivity index (χ1n) is 10.6. The second kappa shape index (κ2) is 10.3. The average Bonchev–Trinajstić information content (AvgIpc) is 3.24. The Bertz CT molecular complexity index is 640. The van der Waals surface area contributed by atoms with E-state index in [9.17, 15) is 9.59 Å². The molecule has 1 aliphatic heterocycles. The highest BCUT2D eigenvalue weighted by Crippen LogP contribution is 2.22. The van der Waals surface area contributed by atoms with E-state index in [0.29, 0.717) is 19.1 Å². The summed E-state index contributed by atoms with van der Waals surface area (Å²) < 4.78 is 0. The van der Waals surface area contributed by atoms with Gasteiger partial charge in [-0.15, -0.1) is 11.8 Å². The van der Waals surface area contributed by atoms with Crippen LogP contribution < -0.4 is 5.32 Å². The lowest BCUT2D eigenvalue weighted by atomic mass is 10.1. The van der Waals surface area contributed by atoms with Crippen LogP contribution in [0.15, 0.2) is 35.2 Å². The molecule has 6 heteroatoms. The molecule has 0 radical (unpaired) electrons. The van der Waals surface area contributed by atoms with Crippen LogP contribution in [0.3, 0.4) is 0 Å². The molecule has 0 bridgehead atoms. The van der Waals surface area contributed by atoms with Crippen molar-refractivity contribution in [2.75, 3.05) is 31.9 Å². The molecule has 0 spiro atoms. The number of nitrogens with one attached hydrogen (secondary N) is 1. The van der Waals surface area contributed by atoms with Crippen LogP contribution in [0.25, 0.3) is 0 Å². The highest BCUT2D eigenvalue weighted by molar-refractivity contribution is 7.99. The molecule has 1 aromatic rings. The van der Waals surface area contributed by atoms with Crippen molar-refractivity contribution in [3.05, 3.63) is 30.3 Å². The Morgan fingerprint density at radius 3 is 2.36 bits per heavy atom. The van der Waals surface area contributed by atoms with Crippen molar-refractivity contribution >= 4 is 23.6 Å². The van der Waals surface area contributed by atoms with Gasteiger partial charge in [0.2, 0.25) is 11.8 Å². The molecule has 1 saturated carbocycles. The van der Waals surface area contributed by atoms with Gasteiger partial charge in [0.25, 0.3) is 0 Å². The van der Waals surface area contributed by atoms with Crippen LogP contribution in [-0.4, -0.2) is 65.6 Å². The molecule has 0 aromatic heterocycles. The molecule has 5 nitrogen and oxygen atoms in total. The Balaban J connectivity index is 1.40. The third kappa shape index (κ3) is 5.74. The molecule has 154 valence electrons. The van der Waals surface area contributed by atoms with Crippen molar-refractivity contribution in [3.63, 3.8) is 0 Å². The summed E-state index contributed by atoms with van der Waals surface area (Å²) in [5, 5.41) is 3.20. The number of piperazine rings is 1. The van der Waals surface area contributed by atoms with E-state index in [0.717, 1.165) is 31.7 Å². The van der Waals surface area contributed by atoms with Crippen molar-refractivity contribution in [2.24, 2.45) is 5.92 Å². The van der Waals surface area contributed by atoms with Crippen LogP contribution in [-0.2, 0) is 9.59 Å². The van der Waals surface area contributed by atoms with E-state index in [1.165, 1.54) is 17.7 Å². The third-order valence-electron chi connectivity index (χ3n) is 5.92. The molecule has 1 N–H and O–H groups in total. The van der Waals surface area contributed by atoms with Gasteiger partial charge in [-0.1, -0.05) is 38.0 Å². The van der Waals surface area contributed by atoms with E-state index in [1.54, 1.807) is 11.8 Å². The van der Waals surface area contributed by atoms with Crippen LogP contribution in [0.2, 0.25) is 0 Å². The molecular weight excluding hydrogens is 370 g/mol. The molecule has 3 rings (SSSR count). The minimum absolute atomic E-state index is 0.000144. The van der Waals surface area contributed by atoms with E-state index in [1.807, 2.05) is 36.9 Å². The highest BCUT2D eigenvalue weighted by Gasteiger charge is 2.30. The molecule has 2 aliphatic rings. The second-order valence-electron chi connectivity index (χ2n) is 8.05. The maximum absolute atomic E-state index is 12.8. The van der Waals surface area contributed by atoms with Crippen molar-refractivity contribution < 1.29 is 9.59 Å². The number of benzene rings is 1. The fraction of sp³-hybridized carbons (Fsp3) is 0.636.